The molecule has 0 radical (unpaired) electrons. The van der Waals surface area contributed by atoms with Crippen LogP contribution in [0.2, 0.25) is 0 Å². The van der Waals surface area contributed by atoms with Crippen molar-refractivity contribution in [1.29, 1.82) is 0 Å². The van der Waals surface area contributed by atoms with Crippen molar-refractivity contribution in [3.05, 3.63) is 22.8 Å². The van der Waals surface area contributed by atoms with Crippen LogP contribution in [0.5, 0.6) is 0 Å². The fourth-order valence-electron chi connectivity index (χ4n) is 2.85. The molecular weight excluding hydrogens is 362 g/mol. The fraction of sp³-hybridized carbons (Fsp3) is 0.533. The Kier molecular flexibility index (Phi) is 3.95. The summed E-state index contributed by atoms with van der Waals surface area (Å²) in [7, 11) is 0. The van der Waals surface area contributed by atoms with Gasteiger partial charge in [0.05, 0.1) is 6.04 Å². The average molecular weight is 382 g/mol. The summed E-state index contributed by atoms with van der Waals surface area (Å²) >= 11 is 3.43. The van der Waals surface area contributed by atoms with Crippen molar-refractivity contribution < 1.29 is 9.53 Å². The molecule has 1 amide bonds. The van der Waals surface area contributed by atoms with Crippen LogP contribution in [0.25, 0.3) is 5.52 Å². The number of likely N-dealkylation sites (tertiary alicyclic amines) is 1. The first-order valence-electron chi connectivity index (χ1n) is 7.55. The molecule has 1 fully saturated rings. The number of nitrogen functional groups attached to an aromatic ring is 1. The van der Waals surface area contributed by atoms with E-state index in [4.69, 9.17) is 10.5 Å². The van der Waals surface area contributed by atoms with Crippen molar-refractivity contribution in [2.45, 2.75) is 45.3 Å². The monoisotopic (exact) mass is 381 g/mol. The van der Waals surface area contributed by atoms with E-state index in [1.165, 1.54) is 0 Å². The highest BCUT2D eigenvalue weighted by atomic mass is 79.9. The van der Waals surface area contributed by atoms with E-state index >= 15 is 0 Å². The highest BCUT2D eigenvalue weighted by Crippen LogP contribution is 2.35. The number of carbonyl (C=O) groups excluding carboxylic acids is 1. The number of anilines is 1. The van der Waals surface area contributed by atoms with Gasteiger partial charge in [-0.25, -0.2) is 14.8 Å². The van der Waals surface area contributed by atoms with Crippen molar-refractivity contribution in [3.8, 4) is 0 Å². The number of fused-ring (bicyclic) bond motifs is 1. The van der Waals surface area contributed by atoms with Gasteiger partial charge in [0.1, 0.15) is 21.5 Å². The number of halogens is 1. The van der Waals surface area contributed by atoms with Gasteiger partial charge in [0.2, 0.25) is 0 Å². The Bertz CT molecular complexity index is 752. The smallest absolute Gasteiger partial charge is 0.410 e. The van der Waals surface area contributed by atoms with Crippen LogP contribution >= 0.6 is 15.9 Å². The number of nitrogens with zero attached hydrogens (tertiary/aromatic N) is 4. The molecule has 1 aliphatic rings. The molecule has 3 rings (SSSR count). The lowest BCUT2D eigenvalue weighted by molar-refractivity contribution is 0.0218. The summed E-state index contributed by atoms with van der Waals surface area (Å²) in [6.07, 6.45) is 4.89. The molecule has 2 aromatic heterocycles. The van der Waals surface area contributed by atoms with Crippen LogP contribution in [0.15, 0.2) is 17.0 Å². The molecule has 0 unspecified atom stereocenters. The molecule has 0 bridgehead atoms. The largest absolute Gasteiger partial charge is 0.444 e. The van der Waals surface area contributed by atoms with Gasteiger partial charge in [-0.2, -0.15) is 0 Å². The van der Waals surface area contributed by atoms with Gasteiger partial charge in [0.25, 0.3) is 0 Å². The second kappa shape index (κ2) is 5.67. The zero-order valence-electron chi connectivity index (χ0n) is 13.4. The summed E-state index contributed by atoms with van der Waals surface area (Å²) in [5.41, 5.74) is 6.14. The number of nitrogens with two attached hydrogens (primary N) is 1. The fourth-order valence-corrected chi connectivity index (χ4v) is 3.43. The number of carbonyl (C=O) groups is 1. The zero-order chi connectivity index (χ0) is 16.8. The number of amides is 1. The lowest BCUT2D eigenvalue weighted by Crippen LogP contribution is -2.36. The van der Waals surface area contributed by atoms with E-state index in [1.54, 1.807) is 11.1 Å². The molecule has 0 aromatic carbocycles. The zero-order valence-corrected chi connectivity index (χ0v) is 15.0. The van der Waals surface area contributed by atoms with Crippen molar-refractivity contribution in [2.75, 3.05) is 12.3 Å². The Labute approximate surface area is 143 Å². The Morgan fingerprint density at radius 3 is 2.91 bits per heavy atom. The van der Waals surface area contributed by atoms with E-state index in [9.17, 15) is 4.79 Å². The molecule has 7 nitrogen and oxygen atoms in total. The minimum atomic E-state index is -0.520. The van der Waals surface area contributed by atoms with E-state index in [0.29, 0.717) is 17.0 Å². The second-order valence-electron chi connectivity index (χ2n) is 6.62. The lowest BCUT2D eigenvalue weighted by atomic mass is 10.2. The van der Waals surface area contributed by atoms with Gasteiger partial charge < -0.3 is 10.5 Å². The van der Waals surface area contributed by atoms with E-state index in [-0.39, 0.29) is 12.1 Å². The molecule has 23 heavy (non-hydrogen) atoms. The maximum Gasteiger partial charge on any atom is 0.410 e. The average Bonchev–Trinajstić information content (AvgIpc) is 3.02. The standard InChI is InChI=1S/C15H20BrN5O2/c1-15(2,3)23-14(22)20-7-4-5-9(20)13-19-11(16)10-12(17)18-6-8-21(10)13/h6,8-9H,4-5,7H2,1-3H3,(H2,17,18)/t9-/m0/s1. The molecular formula is C15H20BrN5O2. The third kappa shape index (κ3) is 2.99. The Balaban J connectivity index is 1.98. The molecule has 0 aliphatic carbocycles. The van der Waals surface area contributed by atoms with Crippen molar-refractivity contribution >= 4 is 33.4 Å². The highest BCUT2D eigenvalue weighted by Gasteiger charge is 2.36. The number of ether oxygens (including phenoxy) is 1. The second-order valence-corrected chi connectivity index (χ2v) is 7.37. The van der Waals surface area contributed by atoms with Crippen LogP contribution in [-0.2, 0) is 4.74 Å². The van der Waals surface area contributed by atoms with Crippen molar-refractivity contribution in [1.82, 2.24) is 19.3 Å². The Morgan fingerprint density at radius 1 is 1.48 bits per heavy atom. The minimum Gasteiger partial charge on any atom is -0.444 e. The number of imidazole rings is 1. The van der Waals surface area contributed by atoms with E-state index in [2.05, 4.69) is 25.9 Å². The maximum absolute atomic E-state index is 12.5. The quantitative estimate of drug-likeness (QED) is 0.819. The minimum absolute atomic E-state index is 0.134. The Morgan fingerprint density at radius 2 is 2.22 bits per heavy atom. The van der Waals surface area contributed by atoms with Crippen molar-refractivity contribution in [3.63, 3.8) is 0 Å². The molecule has 0 spiro atoms. The molecule has 2 aromatic rings. The summed E-state index contributed by atoms with van der Waals surface area (Å²) in [6, 6.07) is -0.134. The molecule has 0 saturated carbocycles. The lowest BCUT2D eigenvalue weighted by Gasteiger charge is -2.28. The number of aromatic nitrogens is 3. The molecule has 124 valence electrons. The van der Waals surface area contributed by atoms with Crippen LogP contribution in [-0.4, -0.2) is 37.5 Å². The SMILES string of the molecule is CC(C)(C)OC(=O)N1CCC[C@H]1c1nc(Br)c2c(N)nccn12. The third-order valence-electron chi connectivity index (χ3n) is 3.75. The maximum atomic E-state index is 12.5. The van der Waals surface area contributed by atoms with Gasteiger partial charge in [-0.05, 0) is 49.5 Å². The number of hydrogen-bond donors (Lipinski definition) is 1. The number of rotatable bonds is 1. The molecule has 1 aliphatic heterocycles. The van der Waals surface area contributed by atoms with Gasteiger partial charge >= 0.3 is 6.09 Å². The summed E-state index contributed by atoms with van der Waals surface area (Å²) in [5, 5.41) is 0. The highest BCUT2D eigenvalue weighted by molar-refractivity contribution is 9.10. The first kappa shape index (κ1) is 16.0. The van der Waals surface area contributed by atoms with E-state index in [1.807, 2.05) is 31.4 Å². The summed E-state index contributed by atoms with van der Waals surface area (Å²) in [6.45, 7) is 6.25. The topological polar surface area (TPSA) is 85.8 Å². The summed E-state index contributed by atoms with van der Waals surface area (Å²) in [4.78, 5) is 22.9. The predicted molar refractivity (Wildman–Crippen MR) is 90.0 cm³/mol. The van der Waals surface area contributed by atoms with Gasteiger partial charge in [-0.3, -0.25) is 9.30 Å². The first-order chi connectivity index (χ1) is 10.8. The molecule has 1 atom stereocenters. The van der Waals surface area contributed by atoms with E-state index < -0.39 is 5.60 Å². The molecule has 3 heterocycles. The van der Waals surface area contributed by atoms with Gasteiger partial charge in [-0.1, -0.05) is 0 Å². The van der Waals surface area contributed by atoms with Crippen molar-refractivity contribution in [2.24, 2.45) is 0 Å². The van der Waals surface area contributed by atoms with Gasteiger partial charge in [0, 0.05) is 18.9 Å². The summed E-state index contributed by atoms with van der Waals surface area (Å²) < 4.78 is 8.04. The Hall–Kier alpha value is -1.83. The normalized spacial score (nSPS) is 18.6. The molecule has 8 heteroatoms. The molecule has 1 saturated heterocycles. The molecule has 2 N–H and O–H groups in total. The van der Waals surface area contributed by atoms with E-state index in [0.717, 1.165) is 24.2 Å². The predicted octanol–water partition coefficient (Wildman–Crippen LogP) is 3.15. The van der Waals surface area contributed by atoms with Gasteiger partial charge in [0.15, 0.2) is 5.82 Å². The van der Waals surface area contributed by atoms with Crippen LogP contribution < -0.4 is 5.73 Å². The van der Waals surface area contributed by atoms with Crippen LogP contribution in [0.3, 0.4) is 0 Å². The van der Waals surface area contributed by atoms with Crippen LogP contribution in [0.1, 0.15) is 45.5 Å². The third-order valence-corrected chi connectivity index (χ3v) is 4.30. The van der Waals surface area contributed by atoms with Crippen LogP contribution in [0.4, 0.5) is 10.6 Å². The van der Waals surface area contributed by atoms with Crippen LogP contribution in [0, 0.1) is 0 Å². The first-order valence-corrected chi connectivity index (χ1v) is 8.35. The van der Waals surface area contributed by atoms with Gasteiger partial charge in [-0.15, -0.1) is 0 Å². The number of hydrogen-bond acceptors (Lipinski definition) is 5. The summed E-state index contributed by atoms with van der Waals surface area (Å²) in [5.74, 6) is 1.17.